The lowest BCUT2D eigenvalue weighted by Crippen LogP contribution is -1.81. The molecule has 0 heterocycles. The van der Waals surface area contributed by atoms with Crippen LogP contribution in [-0.2, 0) is 0 Å². The average molecular weight is 266 g/mol. The number of hydrogen-bond donors (Lipinski definition) is 0. The second-order valence-corrected chi connectivity index (χ2v) is 4.77. The Morgan fingerprint density at radius 3 is 2.00 bits per heavy atom. The minimum absolute atomic E-state index is 0.989. The van der Waals surface area contributed by atoms with E-state index in [1.165, 1.54) is 11.1 Å². The first-order chi connectivity index (χ1) is 10.4. The van der Waals surface area contributed by atoms with Gasteiger partial charge in [-0.1, -0.05) is 60.4 Å². The standard InChI is InChI=1S/C21H14/c1-2-8-18(9-3-1)10-4-5-11-19-14-16-21(17-15-19)20-12-6-7-13-20/h1-3,6-9,12,14-17H,13H2. The summed E-state index contributed by atoms with van der Waals surface area (Å²) in [5, 5.41) is 0. The smallest absolute Gasteiger partial charge is 0.0255 e. The van der Waals surface area contributed by atoms with Gasteiger partial charge in [-0.3, -0.25) is 0 Å². The molecule has 0 unspecified atom stereocenters. The van der Waals surface area contributed by atoms with Gasteiger partial charge < -0.3 is 0 Å². The maximum absolute atomic E-state index is 3.07. The molecule has 21 heavy (non-hydrogen) atoms. The Bertz CT molecular complexity index is 796. The van der Waals surface area contributed by atoms with E-state index in [1.54, 1.807) is 0 Å². The molecule has 2 aromatic carbocycles. The van der Waals surface area contributed by atoms with Crippen LogP contribution in [0.1, 0.15) is 23.1 Å². The molecule has 98 valence electrons. The maximum Gasteiger partial charge on any atom is 0.0255 e. The Labute approximate surface area is 125 Å². The van der Waals surface area contributed by atoms with Crippen molar-refractivity contribution in [2.24, 2.45) is 0 Å². The highest BCUT2D eigenvalue weighted by Crippen LogP contribution is 2.22. The number of benzene rings is 2. The molecule has 0 radical (unpaired) electrons. The number of hydrogen-bond acceptors (Lipinski definition) is 0. The molecule has 0 nitrogen and oxygen atoms in total. The van der Waals surface area contributed by atoms with Crippen molar-refractivity contribution in [1.29, 1.82) is 0 Å². The van der Waals surface area contributed by atoms with Crippen LogP contribution in [0, 0.1) is 23.7 Å². The predicted octanol–water partition coefficient (Wildman–Crippen LogP) is 4.43. The van der Waals surface area contributed by atoms with E-state index in [0.717, 1.165) is 17.5 Å². The second-order valence-electron chi connectivity index (χ2n) is 4.77. The highest BCUT2D eigenvalue weighted by atomic mass is 14.1. The summed E-state index contributed by atoms with van der Waals surface area (Å²) in [6, 6.07) is 18.2. The van der Waals surface area contributed by atoms with Crippen LogP contribution in [0.3, 0.4) is 0 Å². The van der Waals surface area contributed by atoms with E-state index in [2.05, 4.69) is 54.0 Å². The fourth-order valence-electron chi connectivity index (χ4n) is 2.16. The summed E-state index contributed by atoms with van der Waals surface area (Å²) in [6.45, 7) is 0. The third-order valence-corrected chi connectivity index (χ3v) is 3.28. The molecule has 0 N–H and O–H groups in total. The molecule has 3 rings (SSSR count). The first-order valence-corrected chi connectivity index (χ1v) is 6.95. The molecule has 0 heteroatoms. The van der Waals surface area contributed by atoms with Crippen molar-refractivity contribution in [3.8, 4) is 23.7 Å². The topological polar surface area (TPSA) is 0 Å². The maximum atomic E-state index is 3.07. The van der Waals surface area contributed by atoms with Crippen LogP contribution in [0.4, 0.5) is 0 Å². The summed E-state index contributed by atoms with van der Waals surface area (Å²) in [7, 11) is 0. The minimum atomic E-state index is 0.989. The molecule has 0 fully saturated rings. The van der Waals surface area contributed by atoms with E-state index in [4.69, 9.17) is 0 Å². The van der Waals surface area contributed by atoms with Gasteiger partial charge in [0, 0.05) is 11.1 Å². The third kappa shape index (κ3) is 3.53. The van der Waals surface area contributed by atoms with Gasteiger partial charge in [-0.05, 0) is 53.7 Å². The van der Waals surface area contributed by atoms with Gasteiger partial charge in [-0.15, -0.1) is 0 Å². The largest absolute Gasteiger partial charge is 0.0801 e. The molecule has 0 saturated heterocycles. The molecule has 0 aromatic heterocycles. The van der Waals surface area contributed by atoms with Gasteiger partial charge >= 0.3 is 0 Å². The highest BCUT2D eigenvalue weighted by Gasteiger charge is 2.01. The van der Waals surface area contributed by atoms with E-state index in [-0.39, 0.29) is 0 Å². The van der Waals surface area contributed by atoms with Crippen molar-refractivity contribution in [3.63, 3.8) is 0 Å². The molecule has 2 aromatic rings. The lowest BCUT2D eigenvalue weighted by atomic mass is 10.0. The number of rotatable bonds is 1. The lowest BCUT2D eigenvalue weighted by Gasteiger charge is -2.01. The van der Waals surface area contributed by atoms with E-state index >= 15 is 0 Å². The van der Waals surface area contributed by atoms with Crippen molar-refractivity contribution >= 4 is 5.57 Å². The first kappa shape index (κ1) is 13.0. The zero-order valence-electron chi connectivity index (χ0n) is 11.6. The van der Waals surface area contributed by atoms with Crippen LogP contribution >= 0.6 is 0 Å². The quantitative estimate of drug-likeness (QED) is 0.670. The zero-order chi connectivity index (χ0) is 14.3. The molecule has 0 aliphatic heterocycles. The van der Waals surface area contributed by atoms with Crippen LogP contribution in [0.5, 0.6) is 0 Å². The summed E-state index contributed by atoms with van der Waals surface area (Å²) >= 11 is 0. The summed E-state index contributed by atoms with van der Waals surface area (Å²) in [5.41, 5.74) is 4.61. The lowest BCUT2D eigenvalue weighted by molar-refractivity contribution is 1.43. The van der Waals surface area contributed by atoms with Crippen molar-refractivity contribution in [2.75, 3.05) is 0 Å². The van der Waals surface area contributed by atoms with Gasteiger partial charge in [0.05, 0.1) is 0 Å². The molecule has 0 amide bonds. The molecule has 0 saturated carbocycles. The molecule has 0 spiro atoms. The van der Waals surface area contributed by atoms with Gasteiger partial charge in [-0.25, -0.2) is 0 Å². The van der Waals surface area contributed by atoms with E-state index in [1.807, 2.05) is 42.5 Å². The molecule has 0 bridgehead atoms. The van der Waals surface area contributed by atoms with Gasteiger partial charge in [-0.2, -0.15) is 0 Å². The Morgan fingerprint density at radius 2 is 1.38 bits per heavy atom. The van der Waals surface area contributed by atoms with Gasteiger partial charge in [0.15, 0.2) is 0 Å². The van der Waals surface area contributed by atoms with Crippen molar-refractivity contribution < 1.29 is 0 Å². The van der Waals surface area contributed by atoms with E-state index < -0.39 is 0 Å². The van der Waals surface area contributed by atoms with Crippen molar-refractivity contribution in [2.45, 2.75) is 6.42 Å². The summed E-state index contributed by atoms with van der Waals surface area (Å²) in [5.74, 6) is 11.9. The Balaban J connectivity index is 1.69. The van der Waals surface area contributed by atoms with Crippen molar-refractivity contribution in [1.82, 2.24) is 0 Å². The fourth-order valence-corrected chi connectivity index (χ4v) is 2.16. The molecule has 0 atom stereocenters. The van der Waals surface area contributed by atoms with Gasteiger partial charge in [0.25, 0.3) is 0 Å². The van der Waals surface area contributed by atoms with Crippen LogP contribution in [0.25, 0.3) is 5.57 Å². The number of allylic oxidation sites excluding steroid dienone is 4. The average Bonchev–Trinajstić information content (AvgIpc) is 3.08. The van der Waals surface area contributed by atoms with Crippen LogP contribution < -0.4 is 0 Å². The predicted molar refractivity (Wildman–Crippen MR) is 88.4 cm³/mol. The molecule has 1 aliphatic carbocycles. The molecule has 1 aliphatic rings. The fraction of sp³-hybridized carbons (Fsp3) is 0.0476. The van der Waals surface area contributed by atoms with Gasteiger partial charge in [0.2, 0.25) is 0 Å². The van der Waals surface area contributed by atoms with Crippen LogP contribution in [0.15, 0.2) is 72.8 Å². The Kier molecular flexibility index (Phi) is 4.02. The highest BCUT2D eigenvalue weighted by molar-refractivity contribution is 5.71. The molecular weight excluding hydrogens is 252 g/mol. The third-order valence-electron chi connectivity index (χ3n) is 3.28. The summed E-state index contributed by atoms with van der Waals surface area (Å²) in [4.78, 5) is 0. The zero-order valence-corrected chi connectivity index (χ0v) is 11.6. The monoisotopic (exact) mass is 266 g/mol. The van der Waals surface area contributed by atoms with Crippen LogP contribution in [0.2, 0.25) is 0 Å². The van der Waals surface area contributed by atoms with Crippen molar-refractivity contribution in [3.05, 3.63) is 89.5 Å². The van der Waals surface area contributed by atoms with E-state index in [0.29, 0.717) is 0 Å². The Morgan fingerprint density at radius 1 is 0.714 bits per heavy atom. The normalized spacial score (nSPS) is 11.9. The minimum Gasteiger partial charge on any atom is -0.0801 e. The Hall–Kier alpha value is -2.96. The van der Waals surface area contributed by atoms with Gasteiger partial charge in [0.1, 0.15) is 0 Å². The summed E-state index contributed by atoms with van der Waals surface area (Å²) < 4.78 is 0. The van der Waals surface area contributed by atoms with Crippen LogP contribution in [-0.4, -0.2) is 0 Å². The SMILES string of the molecule is C(C#Cc1ccc(C2=CC=CC2)cc1)#Cc1ccccc1. The summed E-state index contributed by atoms with van der Waals surface area (Å²) in [6.07, 6.45) is 7.45. The second kappa shape index (κ2) is 6.47. The molecular formula is C21H14. The van der Waals surface area contributed by atoms with E-state index in [9.17, 15) is 0 Å². The first-order valence-electron chi connectivity index (χ1n) is 6.95.